The van der Waals surface area contributed by atoms with Crippen LogP contribution in [0.3, 0.4) is 0 Å². The van der Waals surface area contributed by atoms with Gasteiger partial charge in [-0.05, 0) is 30.5 Å². The van der Waals surface area contributed by atoms with E-state index >= 15 is 0 Å². The Morgan fingerprint density at radius 3 is 2.71 bits per heavy atom. The zero-order valence-corrected chi connectivity index (χ0v) is 15.7. The Bertz CT molecular complexity index is 984. The summed E-state index contributed by atoms with van der Waals surface area (Å²) in [6, 6.07) is 2.46. The maximum atomic E-state index is 13.8. The fourth-order valence-electron chi connectivity index (χ4n) is 3.56. The third kappa shape index (κ3) is 3.49. The zero-order chi connectivity index (χ0) is 19.7. The molecule has 2 aromatic rings. The molecule has 2 aliphatic heterocycles. The van der Waals surface area contributed by atoms with Gasteiger partial charge in [0.25, 0.3) is 5.91 Å². The zero-order valence-electron chi connectivity index (χ0n) is 15.7. The van der Waals surface area contributed by atoms with Crippen LogP contribution >= 0.6 is 0 Å². The summed E-state index contributed by atoms with van der Waals surface area (Å²) in [5.41, 5.74) is 6.33. The Balaban J connectivity index is 1.50. The third-order valence-electron chi connectivity index (χ3n) is 5.21. The van der Waals surface area contributed by atoms with Crippen molar-refractivity contribution in [2.24, 2.45) is 16.6 Å². The number of hydrogen-bond acceptors (Lipinski definition) is 5. The highest BCUT2D eigenvalue weighted by Gasteiger charge is 2.22. The van der Waals surface area contributed by atoms with Gasteiger partial charge in [0.1, 0.15) is 17.2 Å². The molecule has 1 unspecified atom stereocenters. The van der Waals surface area contributed by atoms with Gasteiger partial charge in [-0.1, -0.05) is 19.1 Å². The average Bonchev–Trinajstić information content (AvgIpc) is 2.96. The van der Waals surface area contributed by atoms with Crippen molar-refractivity contribution in [1.29, 1.82) is 0 Å². The summed E-state index contributed by atoms with van der Waals surface area (Å²) in [4.78, 5) is 28.1. The van der Waals surface area contributed by atoms with Crippen LogP contribution in [0, 0.1) is 11.7 Å². The molecule has 1 fully saturated rings. The van der Waals surface area contributed by atoms with E-state index in [-0.39, 0.29) is 5.56 Å². The predicted octanol–water partition coefficient (Wildman–Crippen LogP) is 2.43. The number of hydrogen-bond donors (Lipinski definition) is 2. The van der Waals surface area contributed by atoms with Gasteiger partial charge >= 0.3 is 0 Å². The summed E-state index contributed by atoms with van der Waals surface area (Å²) in [5, 5.41) is 0. The molecule has 2 aliphatic rings. The number of aliphatic imine (C=N–C) groups is 1. The lowest BCUT2D eigenvalue weighted by Crippen LogP contribution is -2.48. The van der Waals surface area contributed by atoms with Crippen LogP contribution in [0.4, 0.5) is 10.3 Å². The van der Waals surface area contributed by atoms with Crippen molar-refractivity contribution in [3.63, 3.8) is 0 Å². The number of H-pyrrole nitrogens is 1. The number of primary amides is 1. The van der Waals surface area contributed by atoms with Crippen molar-refractivity contribution in [1.82, 2.24) is 14.9 Å². The molecule has 3 heterocycles. The lowest BCUT2D eigenvalue weighted by atomic mass is 10.1. The quantitative estimate of drug-likeness (QED) is 0.853. The van der Waals surface area contributed by atoms with E-state index in [4.69, 9.17) is 5.73 Å². The highest BCUT2D eigenvalue weighted by atomic mass is 19.1. The molecule has 8 heteroatoms. The first-order valence-corrected chi connectivity index (χ1v) is 9.46. The summed E-state index contributed by atoms with van der Waals surface area (Å²) in [5.74, 6) is 0.807. The lowest BCUT2D eigenvalue weighted by molar-refractivity contribution is 0.100. The van der Waals surface area contributed by atoms with E-state index in [1.54, 1.807) is 0 Å². The van der Waals surface area contributed by atoms with Gasteiger partial charge in [0, 0.05) is 32.4 Å². The first-order valence-electron chi connectivity index (χ1n) is 9.46. The number of anilines is 1. The van der Waals surface area contributed by atoms with Gasteiger partial charge in [0.05, 0.1) is 11.1 Å². The fraction of sp³-hybridized carbons (Fsp3) is 0.350. The molecule has 3 N–H and O–H groups in total. The molecule has 28 heavy (non-hydrogen) atoms. The van der Waals surface area contributed by atoms with Gasteiger partial charge in [-0.15, -0.1) is 0 Å². The molecule has 7 nitrogen and oxygen atoms in total. The van der Waals surface area contributed by atoms with E-state index in [0.29, 0.717) is 22.9 Å². The van der Waals surface area contributed by atoms with Gasteiger partial charge in [0.2, 0.25) is 5.95 Å². The number of nitrogens with one attached hydrogen (secondary N) is 1. The number of piperazine rings is 1. The maximum absolute atomic E-state index is 13.8. The van der Waals surface area contributed by atoms with E-state index < -0.39 is 11.7 Å². The smallest absolute Gasteiger partial charge is 0.251 e. The summed E-state index contributed by atoms with van der Waals surface area (Å²) in [7, 11) is 0. The number of nitrogens with two attached hydrogens (primary N) is 1. The number of benzene rings is 1. The average molecular weight is 382 g/mol. The molecule has 1 atom stereocenters. The minimum Gasteiger partial charge on any atom is -0.366 e. The minimum absolute atomic E-state index is 0.0892. The molecule has 0 aliphatic carbocycles. The number of imidazole rings is 1. The Morgan fingerprint density at radius 1 is 1.25 bits per heavy atom. The van der Waals surface area contributed by atoms with Crippen molar-refractivity contribution in [3.05, 3.63) is 47.9 Å². The Morgan fingerprint density at radius 2 is 2.00 bits per heavy atom. The molecule has 0 radical (unpaired) electrons. The van der Waals surface area contributed by atoms with Crippen LogP contribution in [0.25, 0.3) is 11.0 Å². The molecule has 1 aromatic heterocycles. The van der Waals surface area contributed by atoms with Crippen LogP contribution in [-0.2, 0) is 0 Å². The number of carbonyl (C=O) groups is 1. The predicted molar refractivity (Wildman–Crippen MR) is 108 cm³/mol. The van der Waals surface area contributed by atoms with E-state index in [1.165, 1.54) is 6.07 Å². The van der Waals surface area contributed by atoms with Crippen LogP contribution < -0.4 is 10.6 Å². The number of allylic oxidation sites excluding steroid dienone is 2. The van der Waals surface area contributed by atoms with Gasteiger partial charge in [-0.25, -0.2) is 14.4 Å². The number of rotatable bonds is 3. The minimum atomic E-state index is -0.691. The SMILES string of the molecule is CCC1C=CN=C(N2CCN(c3nc4c(C(N)=O)cc(F)cc4[nH]3)CC2)C=C1. The standard InChI is InChI=1S/C20H23FN6O/c1-2-13-3-4-17(23-6-5-13)26-7-9-27(10-8-26)20-24-16-12-14(21)11-15(19(22)28)18(16)25-20/h3-6,11-13H,2,7-10H2,1H3,(H2,22,28)(H,24,25). The Hall–Kier alpha value is -3.16. The highest BCUT2D eigenvalue weighted by molar-refractivity contribution is 6.04. The molecule has 1 aromatic carbocycles. The molecule has 0 bridgehead atoms. The molecular formula is C20H23FN6O. The molecular weight excluding hydrogens is 359 g/mol. The summed E-state index contributed by atoms with van der Waals surface area (Å²) in [6.45, 7) is 5.22. The van der Waals surface area contributed by atoms with Crippen molar-refractivity contribution in [3.8, 4) is 0 Å². The normalized spacial score (nSPS) is 19.8. The number of halogens is 1. The van der Waals surface area contributed by atoms with E-state index in [0.717, 1.165) is 44.5 Å². The fourth-order valence-corrected chi connectivity index (χ4v) is 3.56. The van der Waals surface area contributed by atoms with E-state index in [2.05, 4.69) is 49.9 Å². The number of fused-ring (bicyclic) bond motifs is 1. The largest absolute Gasteiger partial charge is 0.366 e. The number of amidine groups is 1. The maximum Gasteiger partial charge on any atom is 0.251 e. The van der Waals surface area contributed by atoms with Crippen LogP contribution in [0.15, 0.2) is 41.6 Å². The van der Waals surface area contributed by atoms with Gasteiger partial charge in [0.15, 0.2) is 0 Å². The van der Waals surface area contributed by atoms with Crippen molar-refractivity contribution in [2.75, 3.05) is 31.1 Å². The first-order chi connectivity index (χ1) is 13.5. The first kappa shape index (κ1) is 18.2. The van der Waals surface area contributed by atoms with Crippen molar-refractivity contribution < 1.29 is 9.18 Å². The monoisotopic (exact) mass is 382 g/mol. The van der Waals surface area contributed by atoms with Gasteiger partial charge < -0.3 is 20.5 Å². The number of aromatic nitrogens is 2. The molecule has 0 saturated carbocycles. The summed E-state index contributed by atoms with van der Waals surface area (Å²) in [6.07, 6.45) is 9.34. The summed E-state index contributed by atoms with van der Waals surface area (Å²) < 4.78 is 13.8. The van der Waals surface area contributed by atoms with Gasteiger partial charge in [-0.2, -0.15) is 0 Å². The molecule has 0 spiro atoms. The molecule has 1 saturated heterocycles. The Kier molecular flexibility index (Phi) is 4.85. The second kappa shape index (κ2) is 7.46. The second-order valence-corrected chi connectivity index (χ2v) is 7.01. The number of aromatic amines is 1. The van der Waals surface area contributed by atoms with Crippen LogP contribution in [0.5, 0.6) is 0 Å². The van der Waals surface area contributed by atoms with E-state index in [1.807, 2.05) is 6.20 Å². The van der Waals surface area contributed by atoms with Crippen LogP contribution in [0.2, 0.25) is 0 Å². The lowest BCUT2D eigenvalue weighted by Gasteiger charge is -2.35. The number of carbonyl (C=O) groups excluding carboxylic acids is 1. The summed E-state index contributed by atoms with van der Waals surface area (Å²) >= 11 is 0. The molecule has 4 rings (SSSR count). The highest BCUT2D eigenvalue weighted by Crippen LogP contribution is 2.23. The number of nitrogens with zero attached hydrogens (tertiary/aromatic N) is 4. The van der Waals surface area contributed by atoms with Crippen LogP contribution in [0.1, 0.15) is 23.7 Å². The third-order valence-corrected chi connectivity index (χ3v) is 5.21. The van der Waals surface area contributed by atoms with Gasteiger partial charge in [-0.3, -0.25) is 4.79 Å². The van der Waals surface area contributed by atoms with Crippen LogP contribution in [-0.4, -0.2) is 52.8 Å². The molecule has 1 amide bonds. The van der Waals surface area contributed by atoms with Crippen molar-refractivity contribution in [2.45, 2.75) is 13.3 Å². The van der Waals surface area contributed by atoms with E-state index in [9.17, 15) is 9.18 Å². The second-order valence-electron chi connectivity index (χ2n) is 7.01. The topological polar surface area (TPSA) is 90.6 Å². The van der Waals surface area contributed by atoms with Crippen molar-refractivity contribution >= 4 is 28.7 Å². The Labute approximate surface area is 162 Å². The molecule has 146 valence electrons. The number of amides is 1.